The molecule has 0 aliphatic carbocycles. The molecule has 3 N–H and O–H groups in total. The van der Waals surface area contributed by atoms with Crippen molar-refractivity contribution >= 4 is 11.9 Å². The van der Waals surface area contributed by atoms with Crippen molar-refractivity contribution in [2.75, 3.05) is 6.61 Å². The first-order valence-corrected chi connectivity index (χ1v) is 6.61. The molecule has 0 saturated heterocycles. The number of esters is 1. The zero-order valence-electron chi connectivity index (χ0n) is 11.9. The fraction of sp³-hybridized carbons (Fsp3) is 0.125. The molecule has 7 nitrogen and oxygen atoms in total. The van der Waals surface area contributed by atoms with Crippen LogP contribution in [-0.2, 0) is 0 Å². The second kappa shape index (κ2) is 7.39. The zero-order chi connectivity index (χ0) is 16.8. The molecule has 0 fully saturated rings. The van der Waals surface area contributed by atoms with Gasteiger partial charge in [0.05, 0.1) is 5.56 Å². The van der Waals surface area contributed by atoms with Gasteiger partial charge in [-0.3, -0.25) is 0 Å². The first kappa shape index (κ1) is 16.5. The number of hydrogen-bond acceptors (Lipinski definition) is 6. The molecular formula is C16H14O7. The van der Waals surface area contributed by atoms with Gasteiger partial charge in [-0.15, -0.1) is 0 Å². The number of carboxylic acids is 1. The van der Waals surface area contributed by atoms with E-state index in [-0.39, 0.29) is 16.9 Å². The maximum absolute atomic E-state index is 12.1. The van der Waals surface area contributed by atoms with Crippen LogP contribution in [0.2, 0.25) is 0 Å². The number of benzene rings is 2. The summed E-state index contributed by atoms with van der Waals surface area (Å²) >= 11 is 0. The van der Waals surface area contributed by atoms with E-state index in [0.29, 0.717) is 5.75 Å². The fourth-order valence-corrected chi connectivity index (χ4v) is 1.76. The molecule has 23 heavy (non-hydrogen) atoms. The van der Waals surface area contributed by atoms with E-state index in [1.807, 2.05) is 0 Å². The van der Waals surface area contributed by atoms with Crippen molar-refractivity contribution in [3.63, 3.8) is 0 Å². The molecule has 2 aromatic rings. The van der Waals surface area contributed by atoms with Gasteiger partial charge in [0.1, 0.15) is 23.7 Å². The topological polar surface area (TPSA) is 113 Å². The Morgan fingerprint density at radius 3 is 2.39 bits per heavy atom. The lowest BCUT2D eigenvalue weighted by Crippen LogP contribution is -2.21. The average Bonchev–Trinajstić information content (AvgIpc) is 2.55. The fourth-order valence-electron chi connectivity index (χ4n) is 1.76. The Kier molecular flexibility index (Phi) is 5.29. The molecule has 1 unspecified atom stereocenters. The van der Waals surface area contributed by atoms with Crippen molar-refractivity contribution in [2.45, 2.75) is 6.29 Å². The van der Waals surface area contributed by atoms with Gasteiger partial charge in [-0.05, 0) is 30.3 Å². The summed E-state index contributed by atoms with van der Waals surface area (Å²) in [4.78, 5) is 23.2. The normalized spacial score (nSPS) is 11.6. The first-order valence-electron chi connectivity index (χ1n) is 6.61. The highest BCUT2D eigenvalue weighted by Gasteiger charge is 2.18. The van der Waals surface area contributed by atoms with Crippen molar-refractivity contribution in [3.8, 4) is 11.5 Å². The third-order valence-electron chi connectivity index (χ3n) is 2.82. The van der Waals surface area contributed by atoms with E-state index in [4.69, 9.17) is 19.7 Å². The molecule has 2 aromatic carbocycles. The number of hydrogen-bond donors (Lipinski definition) is 3. The monoisotopic (exact) mass is 318 g/mol. The number of carboxylic acid groups (broad SMARTS) is 1. The van der Waals surface area contributed by atoms with E-state index in [9.17, 15) is 14.7 Å². The summed E-state index contributed by atoms with van der Waals surface area (Å²) in [5, 5.41) is 27.2. The van der Waals surface area contributed by atoms with Crippen molar-refractivity contribution in [2.24, 2.45) is 0 Å². The first-order chi connectivity index (χ1) is 11.0. The number of carbonyl (C=O) groups excluding carboxylic acids is 1. The van der Waals surface area contributed by atoms with Crippen LogP contribution in [0.3, 0.4) is 0 Å². The number of aliphatic hydroxyl groups excluding tert-OH is 2. The summed E-state index contributed by atoms with van der Waals surface area (Å²) in [7, 11) is 0. The summed E-state index contributed by atoms with van der Waals surface area (Å²) < 4.78 is 10.0. The van der Waals surface area contributed by atoms with E-state index in [1.165, 1.54) is 6.07 Å². The van der Waals surface area contributed by atoms with Crippen molar-refractivity contribution in [1.82, 2.24) is 0 Å². The Morgan fingerprint density at radius 2 is 1.78 bits per heavy atom. The average molecular weight is 318 g/mol. The van der Waals surface area contributed by atoms with Gasteiger partial charge in [0, 0.05) is 0 Å². The molecule has 120 valence electrons. The highest BCUT2D eigenvalue weighted by molar-refractivity contribution is 5.95. The van der Waals surface area contributed by atoms with Crippen molar-refractivity contribution in [1.29, 1.82) is 0 Å². The minimum Gasteiger partial charge on any atom is -0.478 e. The van der Waals surface area contributed by atoms with Crippen LogP contribution in [0.4, 0.5) is 0 Å². The molecule has 7 heteroatoms. The van der Waals surface area contributed by atoms with Gasteiger partial charge in [0.25, 0.3) is 0 Å². The van der Waals surface area contributed by atoms with Gasteiger partial charge in [-0.25, -0.2) is 9.59 Å². The van der Waals surface area contributed by atoms with E-state index < -0.39 is 24.8 Å². The lowest BCUT2D eigenvalue weighted by molar-refractivity contribution is -0.0553. The third kappa shape index (κ3) is 4.29. The van der Waals surface area contributed by atoms with Crippen LogP contribution in [-0.4, -0.2) is 40.2 Å². The minimum absolute atomic E-state index is 0.0407. The molecule has 1 atom stereocenters. The summed E-state index contributed by atoms with van der Waals surface area (Å²) in [5.74, 6) is -1.93. The van der Waals surface area contributed by atoms with Gasteiger partial charge >= 0.3 is 11.9 Å². The number of aliphatic hydroxyl groups is 2. The molecule has 0 heterocycles. The van der Waals surface area contributed by atoms with E-state index in [0.717, 1.165) is 12.1 Å². The molecule has 0 aliphatic heterocycles. The van der Waals surface area contributed by atoms with Crippen LogP contribution in [0.1, 0.15) is 20.7 Å². The minimum atomic E-state index is -1.60. The Hall–Kier alpha value is -2.90. The van der Waals surface area contributed by atoms with Gasteiger partial charge < -0.3 is 24.8 Å². The molecule has 0 bridgehead atoms. The summed E-state index contributed by atoms with van der Waals surface area (Å²) in [6.07, 6.45) is -1.60. The Morgan fingerprint density at radius 1 is 1.09 bits per heavy atom. The lowest BCUT2D eigenvalue weighted by Gasteiger charge is -2.14. The Balaban J connectivity index is 2.27. The maximum Gasteiger partial charge on any atom is 0.343 e. The van der Waals surface area contributed by atoms with Crippen molar-refractivity contribution < 1.29 is 34.4 Å². The predicted molar refractivity (Wildman–Crippen MR) is 78.5 cm³/mol. The van der Waals surface area contributed by atoms with Gasteiger partial charge in [0.2, 0.25) is 6.29 Å². The molecule has 0 spiro atoms. The largest absolute Gasteiger partial charge is 0.478 e. The van der Waals surface area contributed by atoms with Crippen LogP contribution < -0.4 is 9.47 Å². The zero-order valence-corrected chi connectivity index (χ0v) is 11.9. The Bertz CT molecular complexity index is 697. The highest BCUT2D eigenvalue weighted by atomic mass is 16.6. The van der Waals surface area contributed by atoms with E-state index in [2.05, 4.69) is 0 Å². The molecule has 0 aliphatic rings. The van der Waals surface area contributed by atoms with E-state index >= 15 is 0 Å². The smallest absolute Gasteiger partial charge is 0.343 e. The number of rotatable bonds is 6. The highest BCUT2D eigenvalue weighted by Crippen LogP contribution is 2.23. The summed E-state index contributed by atoms with van der Waals surface area (Å²) in [6.45, 7) is -0.724. The Labute approximate surface area is 131 Å². The van der Waals surface area contributed by atoms with Gasteiger partial charge in [-0.2, -0.15) is 0 Å². The lowest BCUT2D eigenvalue weighted by atomic mass is 10.1. The third-order valence-corrected chi connectivity index (χ3v) is 2.82. The SMILES string of the molecule is O=C(Oc1ccccc1)c1ccc(C(=O)O)c(OC(O)CO)c1. The molecular weight excluding hydrogens is 304 g/mol. The number of para-hydroxylation sites is 1. The molecule has 0 saturated carbocycles. The number of carbonyl (C=O) groups is 2. The standard InChI is InChI=1S/C16H14O7/c17-9-14(18)23-13-8-10(6-7-12(13)15(19)20)16(21)22-11-4-2-1-3-5-11/h1-8,14,17-18H,9H2,(H,19,20). The quantitative estimate of drug-likeness (QED) is 0.418. The van der Waals surface area contributed by atoms with Crippen molar-refractivity contribution in [3.05, 3.63) is 59.7 Å². The van der Waals surface area contributed by atoms with Gasteiger partial charge in [0.15, 0.2) is 0 Å². The molecule has 0 radical (unpaired) electrons. The molecule has 0 aromatic heterocycles. The van der Waals surface area contributed by atoms with Crippen LogP contribution in [0.5, 0.6) is 11.5 Å². The van der Waals surface area contributed by atoms with Crippen LogP contribution >= 0.6 is 0 Å². The summed E-state index contributed by atoms with van der Waals surface area (Å²) in [6, 6.07) is 11.9. The second-order valence-corrected chi connectivity index (χ2v) is 4.47. The van der Waals surface area contributed by atoms with Crippen LogP contribution in [0, 0.1) is 0 Å². The van der Waals surface area contributed by atoms with Crippen LogP contribution in [0.25, 0.3) is 0 Å². The predicted octanol–water partition coefficient (Wildman–Crippen LogP) is 1.29. The maximum atomic E-state index is 12.1. The number of ether oxygens (including phenoxy) is 2. The molecule has 2 rings (SSSR count). The molecule has 0 amide bonds. The second-order valence-electron chi connectivity index (χ2n) is 4.47. The summed E-state index contributed by atoms with van der Waals surface area (Å²) in [5.41, 5.74) is -0.215. The van der Waals surface area contributed by atoms with Crippen LogP contribution in [0.15, 0.2) is 48.5 Å². The van der Waals surface area contributed by atoms with E-state index in [1.54, 1.807) is 30.3 Å². The number of aromatic carboxylic acids is 1. The van der Waals surface area contributed by atoms with Gasteiger partial charge in [-0.1, -0.05) is 18.2 Å².